The quantitative estimate of drug-likeness (QED) is 0.706. The number of carbonyl (C=O) groups excluding carboxylic acids is 1. The van der Waals surface area contributed by atoms with Crippen molar-refractivity contribution in [1.29, 1.82) is 0 Å². The molecule has 0 bridgehead atoms. The van der Waals surface area contributed by atoms with Gasteiger partial charge in [0.05, 0.1) is 12.4 Å². The molecule has 1 aliphatic carbocycles. The first kappa shape index (κ1) is 17.1. The predicted octanol–water partition coefficient (Wildman–Crippen LogP) is 0.404. The van der Waals surface area contributed by atoms with E-state index in [-0.39, 0.29) is 11.5 Å². The summed E-state index contributed by atoms with van der Waals surface area (Å²) in [6, 6.07) is 0. The maximum Gasteiger partial charge on any atom is 0.275 e. The molecule has 1 aliphatic rings. The molecule has 1 unspecified atom stereocenters. The van der Waals surface area contributed by atoms with Gasteiger partial charge in [0.25, 0.3) is 11.5 Å². The van der Waals surface area contributed by atoms with Crippen molar-refractivity contribution in [3.8, 4) is 0 Å². The fraction of sp³-hybridized carbons (Fsp3) is 0.588. The number of H-pyrrole nitrogens is 1. The lowest BCUT2D eigenvalue weighted by Gasteiger charge is -2.13. The van der Waals surface area contributed by atoms with Gasteiger partial charge in [0, 0.05) is 11.4 Å². The molecular weight excluding hydrogens is 324 g/mol. The highest BCUT2D eigenvalue weighted by atomic mass is 32.1. The van der Waals surface area contributed by atoms with Gasteiger partial charge in [-0.05, 0) is 37.7 Å². The van der Waals surface area contributed by atoms with Crippen LogP contribution in [0.5, 0.6) is 0 Å². The van der Waals surface area contributed by atoms with Gasteiger partial charge >= 0.3 is 0 Å². The minimum absolute atomic E-state index is 0.0300. The third-order valence-electron chi connectivity index (χ3n) is 4.38. The number of aromatic amines is 1. The van der Waals surface area contributed by atoms with Gasteiger partial charge in [0.2, 0.25) is 0 Å². The number of fused-ring (bicyclic) bond motifs is 3. The molecule has 0 fully saturated rings. The average Bonchev–Trinajstić information content (AvgIpc) is 2.91. The molecule has 0 saturated carbocycles. The molecular formula is C17H25N4O2S+. The average molecular weight is 349 g/mol. The molecule has 130 valence electrons. The summed E-state index contributed by atoms with van der Waals surface area (Å²) in [7, 11) is 1.94. The fourth-order valence-electron chi connectivity index (χ4n) is 3.24. The number of nitrogens with one attached hydrogen (secondary N) is 3. The minimum atomic E-state index is -0.0300. The van der Waals surface area contributed by atoms with E-state index in [0.717, 1.165) is 40.8 Å². The van der Waals surface area contributed by atoms with Crippen LogP contribution in [0.15, 0.2) is 4.79 Å². The smallest absolute Gasteiger partial charge is 0.275 e. The van der Waals surface area contributed by atoms with Crippen LogP contribution >= 0.6 is 11.3 Å². The Kier molecular flexibility index (Phi) is 5.30. The van der Waals surface area contributed by atoms with Crippen molar-refractivity contribution in [2.45, 2.75) is 45.6 Å². The molecule has 7 heteroatoms. The SMILES string of the molecule is CCCNC(=O)C[NH+](C)Cc1nc2sc3c(c2c(=O)[nH]1)CCCC3. The first-order valence-corrected chi connectivity index (χ1v) is 9.51. The van der Waals surface area contributed by atoms with Gasteiger partial charge in [-0.2, -0.15) is 0 Å². The topological polar surface area (TPSA) is 79.3 Å². The molecule has 2 aromatic heterocycles. The van der Waals surface area contributed by atoms with E-state index in [2.05, 4.69) is 15.3 Å². The summed E-state index contributed by atoms with van der Waals surface area (Å²) in [5, 5.41) is 3.66. The second-order valence-electron chi connectivity index (χ2n) is 6.56. The largest absolute Gasteiger partial charge is 0.351 e. The molecule has 2 aromatic rings. The van der Waals surface area contributed by atoms with E-state index in [1.165, 1.54) is 16.9 Å². The van der Waals surface area contributed by atoms with Crippen molar-refractivity contribution in [1.82, 2.24) is 15.3 Å². The number of thiophene rings is 1. The summed E-state index contributed by atoms with van der Waals surface area (Å²) in [6.07, 6.45) is 5.33. The van der Waals surface area contributed by atoms with Crippen LogP contribution in [0.2, 0.25) is 0 Å². The molecule has 0 spiro atoms. The van der Waals surface area contributed by atoms with Gasteiger partial charge in [-0.15, -0.1) is 11.3 Å². The number of amides is 1. The second kappa shape index (κ2) is 7.44. The molecule has 0 radical (unpaired) electrons. The number of aromatic nitrogens is 2. The third kappa shape index (κ3) is 3.67. The Bertz CT molecular complexity index is 796. The molecule has 0 saturated heterocycles. The molecule has 2 heterocycles. The van der Waals surface area contributed by atoms with E-state index in [0.29, 0.717) is 25.5 Å². The van der Waals surface area contributed by atoms with Crippen LogP contribution in [-0.2, 0) is 24.2 Å². The highest BCUT2D eigenvalue weighted by molar-refractivity contribution is 7.18. The van der Waals surface area contributed by atoms with Crippen molar-refractivity contribution in [3.05, 3.63) is 26.6 Å². The molecule has 24 heavy (non-hydrogen) atoms. The zero-order chi connectivity index (χ0) is 17.1. The summed E-state index contributed by atoms with van der Waals surface area (Å²) >= 11 is 1.66. The van der Waals surface area contributed by atoms with Crippen molar-refractivity contribution >= 4 is 27.5 Å². The Morgan fingerprint density at radius 2 is 2.17 bits per heavy atom. The van der Waals surface area contributed by atoms with Crippen LogP contribution in [0.3, 0.4) is 0 Å². The van der Waals surface area contributed by atoms with Crippen molar-refractivity contribution in [2.75, 3.05) is 20.1 Å². The first-order chi connectivity index (χ1) is 11.6. The molecule has 3 rings (SSSR count). The number of aryl methyl sites for hydroxylation is 2. The van der Waals surface area contributed by atoms with Crippen LogP contribution in [-0.4, -0.2) is 36.0 Å². The predicted molar refractivity (Wildman–Crippen MR) is 95.6 cm³/mol. The number of rotatable bonds is 6. The number of likely N-dealkylation sites (N-methyl/N-ethyl adjacent to an activating group) is 1. The zero-order valence-corrected chi connectivity index (χ0v) is 15.1. The molecule has 0 aromatic carbocycles. The van der Waals surface area contributed by atoms with Crippen LogP contribution in [0, 0.1) is 0 Å². The van der Waals surface area contributed by atoms with Crippen molar-refractivity contribution < 1.29 is 9.69 Å². The van der Waals surface area contributed by atoms with E-state index in [1.807, 2.05) is 14.0 Å². The van der Waals surface area contributed by atoms with Gasteiger partial charge in [-0.1, -0.05) is 6.92 Å². The standard InChI is InChI=1S/C17H24N4O2S/c1-3-8-18-14(22)10-21(2)9-13-19-16(23)15-11-6-4-5-7-12(11)24-17(15)20-13/h3-10H2,1-2H3,(H,18,22)(H,19,20,23)/p+1. The lowest BCUT2D eigenvalue weighted by atomic mass is 9.97. The van der Waals surface area contributed by atoms with Gasteiger partial charge in [-0.3, -0.25) is 9.59 Å². The van der Waals surface area contributed by atoms with Crippen LogP contribution in [0.25, 0.3) is 10.2 Å². The monoisotopic (exact) mass is 349 g/mol. The first-order valence-electron chi connectivity index (χ1n) is 8.70. The number of hydrogen-bond acceptors (Lipinski definition) is 4. The van der Waals surface area contributed by atoms with E-state index in [1.54, 1.807) is 11.3 Å². The Morgan fingerprint density at radius 3 is 2.96 bits per heavy atom. The Morgan fingerprint density at radius 1 is 1.38 bits per heavy atom. The second-order valence-corrected chi connectivity index (χ2v) is 7.65. The van der Waals surface area contributed by atoms with E-state index in [4.69, 9.17) is 0 Å². The minimum Gasteiger partial charge on any atom is -0.351 e. The highest BCUT2D eigenvalue weighted by Crippen LogP contribution is 2.33. The maximum atomic E-state index is 12.5. The molecule has 1 atom stereocenters. The van der Waals surface area contributed by atoms with E-state index >= 15 is 0 Å². The van der Waals surface area contributed by atoms with Gasteiger partial charge in [-0.25, -0.2) is 4.98 Å². The third-order valence-corrected chi connectivity index (χ3v) is 5.56. The van der Waals surface area contributed by atoms with Crippen molar-refractivity contribution in [3.63, 3.8) is 0 Å². The number of nitrogens with zero attached hydrogens (tertiary/aromatic N) is 1. The lowest BCUT2D eigenvalue weighted by molar-refractivity contribution is -0.886. The molecule has 6 nitrogen and oxygen atoms in total. The van der Waals surface area contributed by atoms with Crippen LogP contribution in [0.1, 0.15) is 42.5 Å². The Labute approximate surface area is 145 Å². The summed E-state index contributed by atoms with van der Waals surface area (Å²) in [5.41, 5.74) is 1.18. The van der Waals surface area contributed by atoms with Crippen LogP contribution in [0.4, 0.5) is 0 Å². The summed E-state index contributed by atoms with van der Waals surface area (Å²) in [5.74, 6) is 0.691. The van der Waals surface area contributed by atoms with Gasteiger partial charge in [0.1, 0.15) is 11.4 Å². The normalized spacial score (nSPS) is 15.2. The van der Waals surface area contributed by atoms with Crippen molar-refractivity contribution in [2.24, 2.45) is 0 Å². The summed E-state index contributed by atoms with van der Waals surface area (Å²) in [6.45, 7) is 3.64. The fourth-order valence-corrected chi connectivity index (χ4v) is 4.52. The molecule has 1 amide bonds. The summed E-state index contributed by atoms with van der Waals surface area (Å²) in [4.78, 5) is 35.1. The number of carbonyl (C=O) groups is 1. The van der Waals surface area contributed by atoms with E-state index < -0.39 is 0 Å². The molecule has 3 N–H and O–H groups in total. The maximum absolute atomic E-state index is 12.5. The number of hydrogen-bond donors (Lipinski definition) is 3. The van der Waals surface area contributed by atoms with Crippen LogP contribution < -0.4 is 15.8 Å². The molecule has 0 aliphatic heterocycles. The zero-order valence-electron chi connectivity index (χ0n) is 14.3. The summed E-state index contributed by atoms with van der Waals surface area (Å²) < 4.78 is 0. The van der Waals surface area contributed by atoms with E-state index in [9.17, 15) is 9.59 Å². The highest BCUT2D eigenvalue weighted by Gasteiger charge is 2.20. The lowest BCUT2D eigenvalue weighted by Crippen LogP contribution is -3.09. The van der Waals surface area contributed by atoms with Gasteiger partial charge in [0.15, 0.2) is 12.4 Å². The Hall–Kier alpha value is -1.73. The Balaban J connectivity index is 1.76. The van der Waals surface area contributed by atoms with Gasteiger partial charge < -0.3 is 15.2 Å². The number of quaternary nitrogens is 1.